The Morgan fingerprint density at radius 2 is 1.94 bits per heavy atom. The summed E-state index contributed by atoms with van der Waals surface area (Å²) in [4.78, 5) is 7.82. The Kier molecular flexibility index (Phi) is 4.77. The minimum absolute atomic E-state index is 0.441. The molecule has 0 saturated carbocycles. The summed E-state index contributed by atoms with van der Waals surface area (Å²) in [5.41, 5.74) is 2.30. The average molecular weight is 356 g/mol. The van der Waals surface area contributed by atoms with E-state index in [1.165, 1.54) is 5.56 Å². The van der Waals surface area contributed by atoms with Crippen LogP contribution in [0.15, 0.2) is 30.3 Å². The van der Waals surface area contributed by atoms with Gasteiger partial charge in [0.15, 0.2) is 0 Å². The van der Waals surface area contributed by atoms with Gasteiger partial charge in [-0.15, -0.1) is 0 Å². The van der Waals surface area contributed by atoms with Crippen molar-refractivity contribution < 1.29 is 4.74 Å². The van der Waals surface area contributed by atoms with Gasteiger partial charge in [0.05, 0.1) is 12.3 Å². The highest BCUT2D eigenvalue weighted by Crippen LogP contribution is 2.19. The molecule has 0 amide bonds. The second kappa shape index (κ2) is 6.33. The topological polar surface area (TPSA) is 37.9 Å². The van der Waals surface area contributed by atoms with Gasteiger partial charge in [-0.25, -0.2) is 4.98 Å². The molecule has 1 aromatic heterocycles. The number of nitrogens with zero attached hydrogens (tertiary/aromatic N) is 1. The normalized spacial score (nSPS) is 11.1. The predicted octanol–water partition coefficient (Wildman–Crippen LogP) is 3.85. The fourth-order valence-corrected chi connectivity index (χ4v) is 2.76. The van der Waals surface area contributed by atoms with Crippen LogP contribution >= 0.6 is 22.6 Å². The summed E-state index contributed by atoms with van der Waals surface area (Å²) in [6.07, 6.45) is 0. The zero-order chi connectivity index (χ0) is 13.0. The monoisotopic (exact) mass is 356 g/mol. The quantitative estimate of drug-likeness (QED) is 0.827. The molecular weight excluding hydrogens is 339 g/mol. The van der Waals surface area contributed by atoms with Gasteiger partial charge in [-0.05, 0) is 34.1 Å². The van der Waals surface area contributed by atoms with E-state index >= 15 is 0 Å². The summed E-state index contributed by atoms with van der Waals surface area (Å²) >= 11 is 2.29. The number of H-pyrrole nitrogens is 1. The van der Waals surface area contributed by atoms with E-state index in [0.29, 0.717) is 19.1 Å². The van der Waals surface area contributed by atoms with E-state index in [4.69, 9.17) is 4.74 Å². The number of imidazole rings is 1. The van der Waals surface area contributed by atoms with Crippen molar-refractivity contribution in [2.24, 2.45) is 0 Å². The summed E-state index contributed by atoms with van der Waals surface area (Å²) in [5.74, 6) is 1.34. The van der Waals surface area contributed by atoms with Crippen molar-refractivity contribution in [2.45, 2.75) is 33.0 Å². The van der Waals surface area contributed by atoms with Crippen molar-refractivity contribution in [2.75, 3.05) is 0 Å². The molecule has 0 saturated heterocycles. The Bertz CT molecular complexity index is 494. The first-order chi connectivity index (χ1) is 8.66. The third-order valence-electron chi connectivity index (χ3n) is 2.63. The second-order valence-electron chi connectivity index (χ2n) is 4.52. The highest BCUT2D eigenvalue weighted by Gasteiger charge is 2.10. The van der Waals surface area contributed by atoms with Crippen molar-refractivity contribution in [1.29, 1.82) is 0 Å². The number of hydrogen-bond donors (Lipinski definition) is 1. The number of halogens is 1. The zero-order valence-electron chi connectivity index (χ0n) is 10.6. The Balaban J connectivity index is 1.89. The van der Waals surface area contributed by atoms with Gasteiger partial charge in [-0.2, -0.15) is 0 Å². The lowest BCUT2D eigenvalue weighted by Crippen LogP contribution is -1.96. The van der Waals surface area contributed by atoms with Crippen molar-refractivity contribution in [3.05, 3.63) is 51.1 Å². The molecule has 4 heteroatoms. The largest absolute Gasteiger partial charge is 0.369 e. The first-order valence-electron chi connectivity index (χ1n) is 6.02. The number of rotatable bonds is 5. The number of aromatic amines is 1. The second-order valence-corrected chi connectivity index (χ2v) is 5.59. The van der Waals surface area contributed by atoms with Gasteiger partial charge in [-0.3, -0.25) is 0 Å². The molecule has 0 radical (unpaired) electrons. The molecule has 0 unspecified atom stereocenters. The molecule has 96 valence electrons. The summed E-state index contributed by atoms with van der Waals surface area (Å²) in [6, 6.07) is 10.2. The van der Waals surface area contributed by atoms with Crippen LogP contribution in [0.2, 0.25) is 0 Å². The van der Waals surface area contributed by atoms with Crippen LogP contribution in [-0.4, -0.2) is 9.97 Å². The third kappa shape index (κ3) is 3.55. The summed E-state index contributed by atoms with van der Waals surface area (Å²) in [6.45, 7) is 5.44. The van der Waals surface area contributed by atoms with E-state index in [9.17, 15) is 0 Å². The first-order valence-corrected chi connectivity index (χ1v) is 7.10. The number of nitrogens with one attached hydrogen (secondary N) is 1. The van der Waals surface area contributed by atoms with Gasteiger partial charge in [0.2, 0.25) is 0 Å². The smallest absolute Gasteiger partial charge is 0.133 e. The maximum atomic E-state index is 5.66. The standard InChI is InChI=1S/C14H17IN2O/c1-10(2)13-14(15)17-12(16-13)9-18-8-11-6-4-3-5-7-11/h3-7,10H,8-9H2,1-2H3,(H,16,17). The molecule has 1 heterocycles. The molecule has 0 aliphatic rings. The van der Waals surface area contributed by atoms with Gasteiger partial charge < -0.3 is 9.72 Å². The first kappa shape index (κ1) is 13.5. The zero-order valence-corrected chi connectivity index (χ0v) is 12.8. The molecule has 0 aliphatic heterocycles. The van der Waals surface area contributed by atoms with Crippen molar-refractivity contribution in [3.63, 3.8) is 0 Å². The van der Waals surface area contributed by atoms with Crippen LogP contribution in [-0.2, 0) is 18.0 Å². The van der Waals surface area contributed by atoms with Gasteiger partial charge >= 0.3 is 0 Å². The lowest BCUT2D eigenvalue weighted by molar-refractivity contribution is 0.102. The Hall–Kier alpha value is -0.880. The van der Waals surface area contributed by atoms with E-state index in [1.807, 2.05) is 18.2 Å². The van der Waals surface area contributed by atoms with Gasteiger partial charge in [0.1, 0.15) is 16.1 Å². The van der Waals surface area contributed by atoms with Gasteiger partial charge in [0.25, 0.3) is 0 Å². The number of aromatic nitrogens is 2. The van der Waals surface area contributed by atoms with Crippen molar-refractivity contribution in [1.82, 2.24) is 9.97 Å². The molecule has 0 aliphatic carbocycles. The van der Waals surface area contributed by atoms with Crippen LogP contribution in [0.1, 0.15) is 36.8 Å². The SMILES string of the molecule is CC(C)c1nc(COCc2ccccc2)[nH]c1I. The fourth-order valence-electron chi connectivity index (χ4n) is 1.70. The lowest BCUT2D eigenvalue weighted by atomic mass is 10.2. The predicted molar refractivity (Wildman–Crippen MR) is 80.3 cm³/mol. The van der Waals surface area contributed by atoms with Crippen LogP contribution in [0.3, 0.4) is 0 Å². The van der Waals surface area contributed by atoms with Crippen LogP contribution in [0, 0.1) is 3.70 Å². The highest BCUT2D eigenvalue weighted by atomic mass is 127. The van der Waals surface area contributed by atoms with E-state index in [-0.39, 0.29) is 0 Å². The molecule has 2 aromatic rings. The summed E-state index contributed by atoms with van der Waals surface area (Å²) in [5, 5.41) is 0. The van der Waals surface area contributed by atoms with Gasteiger partial charge in [0, 0.05) is 0 Å². The molecule has 0 fully saturated rings. The molecule has 0 atom stereocenters. The summed E-state index contributed by atoms with van der Waals surface area (Å²) < 4.78 is 6.77. The molecule has 18 heavy (non-hydrogen) atoms. The minimum atomic E-state index is 0.441. The molecular formula is C14H17IN2O. The average Bonchev–Trinajstić information content (AvgIpc) is 2.72. The van der Waals surface area contributed by atoms with Crippen LogP contribution in [0.5, 0.6) is 0 Å². The Labute approximate surface area is 121 Å². The molecule has 1 N–H and O–H groups in total. The van der Waals surface area contributed by atoms with Crippen LogP contribution in [0.25, 0.3) is 0 Å². The minimum Gasteiger partial charge on any atom is -0.369 e. The van der Waals surface area contributed by atoms with Crippen LogP contribution < -0.4 is 0 Å². The van der Waals surface area contributed by atoms with E-state index in [0.717, 1.165) is 15.2 Å². The van der Waals surface area contributed by atoms with E-state index in [2.05, 4.69) is 58.5 Å². The molecule has 0 bridgehead atoms. The molecule has 3 nitrogen and oxygen atoms in total. The van der Waals surface area contributed by atoms with E-state index in [1.54, 1.807) is 0 Å². The fraction of sp³-hybridized carbons (Fsp3) is 0.357. The van der Waals surface area contributed by atoms with Crippen molar-refractivity contribution >= 4 is 22.6 Å². The Morgan fingerprint density at radius 1 is 1.22 bits per heavy atom. The molecule has 0 spiro atoms. The lowest BCUT2D eigenvalue weighted by Gasteiger charge is -2.02. The summed E-state index contributed by atoms with van der Waals surface area (Å²) in [7, 11) is 0. The highest BCUT2D eigenvalue weighted by molar-refractivity contribution is 14.1. The van der Waals surface area contributed by atoms with E-state index < -0.39 is 0 Å². The number of hydrogen-bond acceptors (Lipinski definition) is 2. The maximum absolute atomic E-state index is 5.66. The van der Waals surface area contributed by atoms with Gasteiger partial charge in [-0.1, -0.05) is 44.2 Å². The van der Waals surface area contributed by atoms with Crippen molar-refractivity contribution in [3.8, 4) is 0 Å². The third-order valence-corrected chi connectivity index (χ3v) is 3.45. The number of ether oxygens (including phenoxy) is 1. The Morgan fingerprint density at radius 3 is 2.56 bits per heavy atom. The molecule has 1 aromatic carbocycles. The number of benzene rings is 1. The van der Waals surface area contributed by atoms with Crippen LogP contribution in [0.4, 0.5) is 0 Å². The molecule has 2 rings (SSSR count). The maximum Gasteiger partial charge on any atom is 0.133 e.